The summed E-state index contributed by atoms with van der Waals surface area (Å²) in [5.74, 6) is 0.253. The zero-order valence-corrected chi connectivity index (χ0v) is 21.5. The molecule has 0 unspecified atom stereocenters. The maximum absolute atomic E-state index is 12.7. The number of nitrogens with zero attached hydrogens (tertiary/aromatic N) is 1. The molecule has 0 radical (unpaired) electrons. The predicted octanol–water partition coefficient (Wildman–Crippen LogP) is 6.44. The van der Waals surface area contributed by atoms with Gasteiger partial charge in [0.25, 0.3) is 5.91 Å². The Balaban J connectivity index is 1.34. The number of hydrogen-bond acceptors (Lipinski definition) is 5. The van der Waals surface area contributed by atoms with Gasteiger partial charge >= 0.3 is 5.97 Å². The van der Waals surface area contributed by atoms with Crippen molar-refractivity contribution in [3.63, 3.8) is 0 Å². The van der Waals surface area contributed by atoms with E-state index in [1.807, 2.05) is 62.4 Å². The van der Waals surface area contributed by atoms with Crippen LogP contribution < -0.4 is 14.9 Å². The first-order valence-corrected chi connectivity index (χ1v) is 12.3. The maximum Gasteiger partial charge on any atom is 0.343 e. The lowest BCUT2D eigenvalue weighted by atomic mass is 10.1. The van der Waals surface area contributed by atoms with Crippen molar-refractivity contribution in [3.8, 4) is 11.5 Å². The molecular weight excluding hydrogens is 520 g/mol. The molecule has 0 aromatic heterocycles. The summed E-state index contributed by atoms with van der Waals surface area (Å²) in [4.78, 5) is 25.0. The number of hydrazone groups is 1. The van der Waals surface area contributed by atoms with E-state index in [-0.39, 0.29) is 5.91 Å². The lowest BCUT2D eigenvalue weighted by Crippen LogP contribution is -2.35. The van der Waals surface area contributed by atoms with Crippen LogP contribution in [0, 0.1) is 6.92 Å². The fraction of sp³-hybridized carbons (Fsp3) is 0.138. The summed E-state index contributed by atoms with van der Waals surface area (Å²) in [6, 6.07) is 25.8. The van der Waals surface area contributed by atoms with Crippen LogP contribution in [0.4, 0.5) is 0 Å². The number of halogens is 1. The maximum atomic E-state index is 12.7. The highest BCUT2D eigenvalue weighted by Gasteiger charge is 2.20. The van der Waals surface area contributed by atoms with Gasteiger partial charge in [0.05, 0.1) is 16.3 Å². The number of esters is 1. The van der Waals surface area contributed by atoms with E-state index >= 15 is 0 Å². The lowest BCUT2D eigenvalue weighted by Gasteiger charge is -2.17. The molecule has 0 aliphatic rings. The Labute approximate surface area is 218 Å². The second-order valence-electron chi connectivity index (χ2n) is 8.12. The average molecular weight is 545 g/mol. The number of carbonyl (C=O) groups excluding carboxylic acids is 2. The molecule has 4 aromatic carbocycles. The molecule has 0 saturated carbocycles. The molecular formula is C29H25BrN2O4. The third-order valence-corrected chi connectivity index (χ3v) is 6.42. The Morgan fingerprint density at radius 2 is 1.69 bits per heavy atom. The molecule has 36 heavy (non-hydrogen) atoms. The number of amides is 1. The smallest absolute Gasteiger partial charge is 0.343 e. The van der Waals surface area contributed by atoms with Crippen LogP contribution in [0.25, 0.3) is 10.8 Å². The fourth-order valence-electron chi connectivity index (χ4n) is 3.61. The summed E-state index contributed by atoms with van der Waals surface area (Å²) in [5, 5.41) is 6.14. The van der Waals surface area contributed by atoms with E-state index in [4.69, 9.17) is 9.47 Å². The van der Waals surface area contributed by atoms with Crippen LogP contribution >= 0.6 is 15.9 Å². The molecule has 0 bridgehead atoms. The van der Waals surface area contributed by atoms with Crippen molar-refractivity contribution in [2.24, 2.45) is 5.10 Å². The first kappa shape index (κ1) is 25.1. The van der Waals surface area contributed by atoms with E-state index < -0.39 is 12.1 Å². The van der Waals surface area contributed by atoms with Crippen molar-refractivity contribution in [1.82, 2.24) is 5.43 Å². The Morgan fingerprint density at radius 1 is 0.972 bits per heavy atom. The number of hydrogen-bond donors (Lipinski definition) is 1. The van der Waals surface area contributed by atoms with E-state index in [1.165, 1.54) is 6.21 Å². The topological polar surface area (TPSA) is 77.0 Å². The van der Waals surface area contributed by atoms with Gasteiger partial charge in [-0.1, -0.05) is 55.5 Å². The van der Waals surface area contributed by atoms with E-state index in [0.717, 1.165) is 26.4 Å². The molecule has 0 saturated heterocycles. The van der Waals surface area contributed by atoms with Crippen LogP contribution in [-0.4, -0.2) is 24.2 Å². The molecule has 0 fully saturated rings. The van der Waals surface area contributed by atoms with Crippen LogP contribution in [0.5, 0.6) is 11.5 Å². The first-order chi connectivity index (χ1) is 17.5. The summed E-state index contributed by atoms with van der Waals surface area (Å²) in [7, 11) is 0. The number of ether oxygens (including phenoxy) is 2. The second-order valence-corrected chi connectivity index (χ2v) is 8.91. The van der Waals surface area contributed by atoms with Crippen molar-refractivity contribution < 1.29 is 19.1 Å². The molecule has 7 heteroatoms. The molecule has 0 heterocycles. The van der Waals surface area contributed by atoms with E-state index in [1.54, 1.807) is 36.4 Å². The Kier molecular flexibility index (Phi) is 8.13. The van der Waals surface area contributed by atoms with Gasteiger partial charge in [0, 0.05) is 0 Å². The van der Waals surface area contributed by atoms with E-state index in [9.17, 15) is 9.59 Å². The second kappa shape index (κ2) is 11.6. The SMILES string of the molecule is CC[C@@H](Oc1ccc2ccccc2c1Br)C(=O)N/N=C\c1ccc(OC(=O)c2ccccc2C)cc1. The predicted molar refractivity (Wildman–Crippen MR) is 145 cm³/mol. The van der Waals surface area contributed by atoms with Crippen molar-refractivity contribution in [2.75, 3.05) is 0 Å². The highest BCUT2D eigenvalue weighted by Crippen LogP contribution is 2.33. The average Bonchev–Trinajstić information content (AvgIpc) is 2.89. The van der Waals surface area contributed by atoms with Crippen molar-refractivity contribution in [3.05, 3.63) is 106 Å². The highest BCUT2D eigenvalue weighted by molar-refractivity contribution is 9.10. The monoisotopic (exact) mass is 544 g/mol. The van der Waals surface area contributed by atoms with Gasteiger partial charge in [-0.2, -0.15) is 5.10 Å². The van der Waals surface area contributed by atoms with Gasteiger partial charge in [0.1, 0.15) is 11.5 Å². The summed E-state index contributed by atoms with van der Waals surface area (Å²) < 4.78 is 12.2. The normalized spacial score (nSPS) is 11.9. The van der Waals surface area contributed by atoms with Gasteiger partial charge in [-0.3, -0.25) is 4.79 Å². The molecule has 4 rings (SSSR count). The van der Waals surface area contributed by atoms with Crippen LogP contribution in [0.15, 0.2) is 94.5 Å². The quantitative estimate of drug-likeness (QED) is 0.120. The van der Waals surface area contributed by atoms with Crippen molar-refractivity contribution in [2.45, 2.75) is 26.4 Å². The van der Waals surface area contributed by atoms with Gasteiger partial charge in [-0.15, -0.1) is 0 Å². The molecule has 4 aromatic rings. The van der Waals surface area contributed by atoms with Crippen LogP contribution in [0.1, 0.15) is 34.8 Å². The Hall–Kier alpha value is -3.97. The highest BCUT2D eigenvalue weighted by atomic mass is 79.9. The Bertz CT molecular complexity index is 1420. The standard InChI is InChI=1S/C29H25BrN2O4/c1-3-25(36-26-17-14-21-9-5-7-11-24(21)27(26)30)28(33)32-31-18-20-12-15-22(16-13-20)35-29(34)23-10-6-4-8-19(23)2/h4-18,25H,3H2,1-2H3,(H,32,33)/b31-18-/t25-/m1/s1. The third-order valence-electron chi connectivity index (χ3n) is 5.60. The minimum Gasteiger partial charge on any atom is -0.479 e. The molecule has 0 aliphatic carbocycles. The van der Waals surface area contributed by atoms with Gasteiger partial charge in [0.15, 0.2) is 6.10 Å². The molecule has 0 aliphatic heterocycles. The molecule has 6 nitrogen and oxygen atoms in total. The summed E-state index contributed by atoms with van der Waals surface area (Å²) in [5.41, 5.74) is 4.65. The van der Waals surface area contributed by atoms with Crippen LogP contribution in [-0.2, 0) is 4.79 Å². The zero-order chi connectivity index (χ0) is 25.5. The summed E-state index contributed by atoms with van der Waals surface area (Å²) >= 11 is 3.59. The number of fused-ring (bicyclic) bond motifs is 1. The number of nitrogens with one attached hydrogen (secondary N) is 1. The summed E-state index contributed by atoms with van der Waals surface area (Å²) in [6.45, 7) is 3.74. The largest absolute Gasteiger partial charge is 0.479 e. The Morgan fingerprint density at radius 3 is 2.44 bits per heavy atom. The zero-order valence-electron chi connectivity index (χ0n) is 19.9. The molecule has 1 N–H and O–H groups in total. The van der Waals surface area contributed by atoms with Gasteiger partial charge in [-0.05, 0) is 87.6 Å². The lowest BCUT2D eigenvalue weighted by molar-refractivity contribution is -0.128. The van der Waals surface area contributed by atoms with Crippen LogP contribution in [0.2, 0.25) is 0 Å². The molecule has 1 amide bonds. The van der Waals surface area contributed by atoms with Gasteiger partial charge in [0.2, 0.25) is 0 Å². The minimum absolute atomic E-state index is 0.349. The minimum atomic E-state index is -0.706. The third kappa shape index (κ3) is 5.98. The first-order valence-electron chi connectivity index (χ1n) is 11.5. The number of aryl methyl sites for hydroxylation is 1. The van der Waals surface area contributed by atoms with Crippen molar-refractivity contribution >= 4 is 44.8 Å². The van der Waals surface area contributed by atoms with Gasteiger partial charge < -0.3 is 9.47 Å². The molecule has 182 valence electrons. The number of rotatable bonds is 8. The number of benzene rings is 4. The summed E-state index contributed by atoms with van der Waals surface area (Å²) in [6.07, 6.45) is 1.29. The van der Waals surface area contributed by atoms with Crippen molar-refractivity contribution in [1.29, 1.82) is 0 Å². The van der Waals surface area contributed by atoms with Gasteiger partial charge in [-0.25, -0.2) is 10.2 Å². The van der Waals surface area contributed by atoms with E-state index in [0.29, 0.717) is 23.5 Å². The van der Waals surface area contributed by atoms with Crippen LogP contribution in [0.3, 0.4) is 0 Å². The molecule has 0 spiro atoms. The number of carbonyl (C=O) groups is 2. The van der Waals surface area contributed by atoms with E-state index in [2.05, 4.69) is 26.5 Å². The fourth-order valence-corrected chi connectivity index (χ4v) is 4.20. The molecule has 1 atom stereocenters.